The Balaban J connectivity index is 1.53. The van der Waals surface area contributed by atoms with Gasteiger partial charge in [-0.05, 0) is 55.4 Å². The first-order chi connectivity index (χ1) is 12.3. The third-order valence-corrected chi connectivity index (χ3v) is 7.22. The molecule has 4 rings (SSSR count). The summed E-state index contributed by atoms with van der Waals surface area (Å²) in [5.41, 5.74) is 3.19. The second kappa shape index (κ2) is 6.35. The average Bonchev–Trinajstić information content (AvgIpc) is 3.16. The lowest BCUT2D eigenvalue weighted by molar-refractivity contribution is 0.102. The molecule has 138 valence electrons. The van der Waals surface area contributed by atoms with Crippen molar-refractivity contribution in [1.82, 2.24) is 4.98 Å². The summed E-state index contributed by atoms with van der Waals surface area (Å²) in [6, 6.07) is 5.17. The molecule has 1 aliphatic heterocycles. The van der Waals surface area contributed by atoms with Gasteiger partial charge in [-0.25, -0.2) is 13.4 Å². The highest BCUT2D eigenvalue weighted by atomic mass is 32.2. The van der Waals surface area contributed by atoms with Crippen molar-refractivity contribution in [2.45, 2.75) is 32.6 Å². The number of fused-ring (bicyclic) bond motifs is 2. The van der Waals surface area contributed by atoms with Crippen LogP contribution < -0.4 is 9.62 Å². The number of hydrogen-bond donors (Lipinski definition) is 1. The predicted octanol–water partition coefficient (Wildman–Crippen LogP) is 2.84. The van der Waals surface area contributed by atoms with Gasteiger partial charge >= 0.3 is 0 Å². The molecule has 2 aliphatic rings. The van der Waals surface area contributed by atoms with E-state index in [1.807, 2.05) is 0 Å². The zero-order valence-electron chi connectivity index (χ0n) is 14.8. The van der Waals surface area contributed by atoms with Gasteiger partial charge in [0.2, 0.25) is 10.0 Å². The number of thiazole rings is 1. The van der Waals surface area contributed by atoms with Gasteiger partial charge in [0, 0.05) is 17.0 Å². The van der Waals surface area contributed by atoms with Crippen molar-refractivity contribution in [3.8, 4) is 0 Å². The van der Waals surface area contributed by atoms with E-state index in [0.717, 1.165) is 30.5 Å². The van der Waals surface area contributed by atoms with Crippen molar-refractivity contribution in [2.75, 3.05) is 22.4 Å². The molecule has 8 heteroatoms. The van der Waals surface area contributed by atoms with Crippen molar-refractivity contribution < 1.29 is 13.2 Å². The minimum atomic E-state index is -3.28. The number of carbonyl (C=O) groups excluding carboxylic acids is 1. The van der Waals surface area contributed by atoms with Crippen LogP contribution in [0.1, 0.15) is 39.8 Å². The third kappa shape index (κ3) is 3.23. The molecular formula is C18H21N3O3S2. The minimum absolute atomic E-state index is 0.204. The van der Waals surface area contributed by atoms with E-state index in [0.29, 0.717) is 35.3 Å². The number of benzene rings is 1. The Bertz CT molecular complexity index is 982. The second-order valence-electron chi connectivity index (χ2n) is 7.12. The molecular weight excluding hydrogens is 370 g/mol. The van der Waals surface area contributed by atoms with Gasteiger partial charge in [-0.15, -0.1) is 11.3 Å². The maximum absolute atomic E-state index is 12.6. The molecule has 1 amide bonds. The number of amides is 1. The number of aryl methyl sites for hydroxylation is 1. The maximum Gasteiger partial charge on any atom is 0.257 e. The number of nitrogens with zero attached hydrogens (tertiary/aromatic N) is 2. The van der Waals surface area contributed by atoms with Crippen molar-refractivity contribution in [3.05, 3.63) is 39.9 Å². The van der Waals surface area contributed by atoms with Crippen LogP contribution in [-0.4, -0.2) is 32.1 Å². The number of nitrogens with one attached hydrogen (secondary N) is 1. The Morgan fingerprint density at radius 2 is 2.15 bits per heavy atom. The first kappa shape index (κ1) is 17.5. The Labute approximate surface area is 157 Å². The number of aromatic nitrogens is 1. The molecule has 1 aromatic carbocycles. The summed E-state index contributed by atoms with van der Waals surface area (Å²) in [5, 5.41) is 3.55. The van der Waals surface area contributed by atoms with Gasteiger partial charge in [-0.1, -0.05) is 6.92 Å². The van der Waals surface area contributed by atoms with Crippen LogP contribution in [0, 0.1) is 5.92 Å². The van der Waals surface area contributed by atoms with Crippen LogP contribution in [0.25, 0.3) is 0 Å². The molecule has 0 fully saturated rings. The van der Waals surface area contributed by atoms with Crippen molar-refractivity contribution in [2.24, 2.45) is 5.92 Å². The molecule has 2 aromatic rings. The van der Waals surface area contributed by atoms with E-state index >= 15 is 0 Å². The monoisotopic (exact) mass is 391 g/mol. The zero-order chi connectivity index (χ0) is 18.5. The maximum atomic E-state index is 12.6. The van der Waals surface area contributed by atoms with Crippen molar-refractivity contribution in [3.63, 3.8) is 0 Å². The molecule has 0 spiro atoms. The lowest BCUT2D eigenvalue weighted by Gasteiger charge is -2.16. The second-order valence-corrected chi connectivity index (χ2v) is 10.1. The van der Waals surface area contributed by atoms with Gasteiger partial charge in [0.1, 0.15) is 0 Å². The summed E-state index contributed by atoms with van der Waals surface area (Å²) in [5.74, 6) is 0.464. The summed E-state index contributed by atoms with van der Waals surface area (Å²) < 4.78 is 25.0. The van der Waals surface area contributed by atoms with Gasteiger partial charge in [0.05, 0.1) is 17.6 Å². The lowest BCUT2D eigenvalue weighted by Crippen LogP contribution is -2.27. The van der Waals surface area contributed by atoms with E-state index in [1.165, 1.54) is 15.4 Å². The fourth-order valence-electron chi connectivity index (χ4n) is 3.62. The SMILES string of the molecule is C[C@H]1CCc2nc(NC(=O)c3ccc4c(c3)CCN4S(C)(=O)=O)sc2C1. The fourth-order valence-corrected chi connectivity index (χ4v) is 5.74. The summed E-state index contributed by atoms with van der Waals surface area (Å²) in [7, 11) is -3.28. The van der Waals surface area contributed by atoms with E-state index in [4.69, 9.17) is 0 Å². The minimum Gasteiger partial charge on any atom is -0.298 e. The van der Waals surface area contributed by atoms with Crippen LogP contribution >= 0.6 is 11.3 Å². The molecule has 0 radical (unpaired) electrons. The van der Waals surface area contributed by atoms with E-state index in [2.05, 4.69) is 17.2 Å². The Kier molecular flexibility index (Phi) is 4.27. The molecule has 0 saturated carbocycles. The van der Waals surface area contributed by atoms with Crippen LogP contribution in [-0.2, 0) is 29.3 Å². The Hall–Kier alpha value is -1.93. The molecule has 26 heavy (non-hydrogen) atoms. The van der Waals surface area contributed by atoms with Crippen LogP contribution in [0.5, 0.6) is 0 Å². The van der Waals surface area contributed by atoms with Gasteiger partial charge in [0.25, 0.3) is 5.91 Å². The highest BCUT2D eigenvalue weighted by Crippen LogP contribution is 2.33. The molecule has 1 atom stereocenters. The standard InChI is InChI=1S/C18H21N3O3S2/c1-11-3-5-14-16(9-11)25-18(19-14)20-17(22)13-4-6-15-12(10-13)7-8-21(15)26(2,23)24/h4,6,10-11H,3,5,7-9H2,1-2H3,(H,19,20,22)/t11-/m0/s1. The van der Waals surface area contributed by atoms with Crippen LogP contribution in [0.2, 0.25) is 0 Å². The summed E-state index contributed by atoms with van der Waals surface area (Å²) in [6.07, 6.45) is 4.97. The molecule has 0 saturated heterocycles. The van der Waals surface area contributed by atoms with Crippen LogP contribution in [0.3, 0.4) is 0 Å². The number of anilines is 2. The smallest absolute Gasteiger partial charge is 0.257 e. The zero-order valence-corrected chi connectivity index (χ0v) is 16.4. The fraction of sp³-hybridized carbons (Fsp3) is 0.444. The molecule has 6 nitrogen and oxygen atoms in total. The van der Waals surface area contributed by atoms with Crippen molar-refractivity contribution in [1.29, 1.82) is 0 Å². The number of hydrogen-bond acceptors (Lipinski definition) is 5. The van der Waals surface area contributed by atoms with Gasteiger partial charge in [-0.3, -0.25) is 14.4 Å². The number of carbonyl (C=O) groups is 1. The van der Waals surface area contributed by atoms with Crippen molar-refractivity contribution >= 4 is 38.1 Å². The molecule has 1 N–H and O–H groups in total. The predicted molar refractivity (Wildman–Crippen MR) is 104 cm³/mol. The Morgan fingerprint density at radius 1 is 1.35 bits per heavy atom. The number of rotatable bonds is 3. The lowest BCUT2D eigenvalue weighted by atomic mass is 9.93. The summed E-state index contributed by atoms with van der Waals surface area (Å²) >= 11 is 1.56. The van der Waals surface area contributed by atoms with E-state index < -0.39 is 10.0 Å². The van der Waals surface area contributed by atoms with Crippen LogP contribution in [0.4, 0.5) is 10.8 Å². The molecule has 2 heterocycles. The topological polar surface area (TPSA) is 79.4 Å². The molecule has 1 aromatic heterocycles. The third-order valence-electron chi connectivity index (χ3n) is 5.00. The first-order valence-electron chi connectivity index (χ1n) is 8.72. The van der Waals surface area contributed by atoms with E-state index in [1.54, 1.807) is 29.5 Å². The molecule has 1 aliphatic carbocycles. The summed E-state index contributed by atoms with van der Waals surface area (Å²) in [6.45, 7) is 2.67. The average molecular weight is 392 g/mol. The largest absolute Gasteiger partial charge is 0.298 e. The quantitative estimate of drug-likeness (QED) is 0.873. The molecule has 0 bridgehead atoms. The van der Waals surface area contributed by atoms with E-state index in [-0.39, 0.29) is 5.91 Å². The van der Waals surface area contributed by atoms with Crippen LogP contribution in [0.15, 0.2) is 18.2 Å². The van der Waals surface area contributed by atoms with Gasteiger partial charge < -0.3 is 0 Å². The van der Waals surface area contributed by atoms with Gasteiger partial charge in [0.15, 0.2) is 5.13 Å². The van der Waals surface area contributed by atoms with E-state index in [9.17, 15) is 13.2 Å². The highest BCUT2D eigenvalue weighted by molar-refractivity contribution is 7.92. The highest BCUT2D eigenvalue weighted by Gasteiger charge is 2.27. The molecule has 0 unspecified atom stereocenters. The van der Waals surface area contributed by atoms with Gasteiger partial charge in [-0.2, -0.15) is 0 Å². The normalized spacial score (nSPS) is 19.2. The first-order valence-corrected chi connectivity index (χ1v) is 11.4. The number of sulfonamides is 1. The Morgan fingerprint density at radius 3 is 2.92 bits per heavy atom. The summed E-state index contributed by atoms with van der Waals surface area (Å²) in [4.78, 5) is 18.4.